The summed E-state index contributed by atoms with van der Waals surface area (Å²) in [5, 5.41) is 18.9. The van der Waals surface area contributed by atoms with Crippen LogP contribution >= 0.6 is 0 Å². The van der Waals surface area contributed by atoms with Crippen LogP contribution in [0.4, 0.5) is 4.39 Å². The first-order valence-electron chi connectivity index (χ1n) is 4.00. The molecule has 4 nitrogen and oxygen atoms in total. The number of phenolic OH excluding ortho intramolecular Hbond substituents is 1. The minimum atomic E-state index is -0.609. The lowest BCUT2D eigenvalue weighted by molar-refractivity contribution is -0.0742. The fourth-order valence-corrected chi connectivity index (χ4v) is 1.16. The van der Waals surface area contributed by atoms with E-state index in [0.29, 0.717) is 0 Å². The number of aromatic hydroxyl groups is 1. The number of hydroxylamine groups is 2. The predicted molar refractivity (Wildman–Crippen MR) is 47.9 cm³/mol. The third kappa shape index (κ3) is 2.34. The van der Waals surface area contributed by atoms with Crippen LogP contribution in [0.3, 0.4) is 0 Å². The van der Waals surface area contributed by atoms with E-state index >= 15 is 0 Å². The van der Waals surface area contributed by atoms with E-state index in [0.717, 1.165) is 11.1 Å². The van der Waals surface area contributed by atoms with Gasteiger partial charge in [0.25, 0.3) is 0 Å². The van der Waals surface area contributed by atoms with Gasteiger partial charge in [-0.15, -0.1) is 0 Å². The van der Waals surface area contributed by atoms with Crippen LogP contribution in [0.25, 0.3) is 0 Å². The standard InChI is InChI=1S/C9H12FNO3/c1-11(13)5-7-8(10)3-6(12)4-9(7)14-2/h3-4,12-13H,5H2,1-2H3. The summed E-state index contributed by atoms with van der Waals surface area (Å²) in [5.41, 5.74) is 0.204. The van der Waals surface area contributed by atoms with Gasteiger partial charge in [-0.3, -0.25) is 0 Å². The van der Waals surface area contributed by atoms with Crippen molar-refractivity contribution in [3.05, 3.63) is 23.5 Å². The molecular formula is C9H12FNO3. The molecule has 0 aliphatic carbocycles. The van der Waals surface area contributed by atoms with Crippen molar-refractivity contribution in [1.29, 1.82) is 0 Å². The van der Waals surface area contributed by atoms with Crippen LogP contribution in [0.15, 0.2) is 12.1 Å². The summed E-state index contributed by atoms with van der Waals surface area (Å²) in [5.74, 6) is -0.602. The van der Waals surface area contributed by atoms with Crippen LogP contribution in [0.1, 0.15) is 5.56 Å². The van der Waals surface area contributed by atoms with Gasteiger partial charge in [-0.2, -0.15) is 5.06 Å². The van der Waals surface area contributed by atoms with Gasteiger partial charge in [0.1, 0.15) is 17.3 Å². The van der Waals surface area contributed by atoms with Gasteiger partial charge in [0.2, 0.25) is 0 Å². The molecule has 78 valence electrons. The molecule has 5 heteroatoms. The van der Waals surface area contributed by atoms with Crippen molar-refractivity contribution < 1.29 is 19.4 Å². The molecular weight excluding hydrogens is 189 g/mol. The van der Waals surface area contributed by atoms with Crippen LogP contribution in [0.5, 0.6) is 11.5 Å². The van der Waals surface area contributed by atoms with E-state index in [1.165, 1.54) is 20.2 Å². The Labute approximate surface area is 81.1 Å². The molecule has 0 aliphatic heterocycles. The summed E-state index contributed by atoms with van der Waals surface area (Å²) in [6.45, 7) is -0.00468. The molecule has 0 spiro atoms. The first kappa shape index (κ1) is 10.7. The molecule has 1 rings (SSSR count). The minimum Gasteiger partial charge on any atom is -0.508 e. The molecule has 1 aromatic rings. The molecule has 0 heterocycles. The van der Waals surface area contributed by atoms with E-state index in [1.54, 1.807) is 0 Å². The van der Waals surface area contributed by atoms with Gasteiger partial charge in [0.15, 0.2) is 0 Å². The minimum absolute atomic E-state index is 0.00468. The van der Waals surface area contributed by atoms with Crippen molar-refractivity contribution >= 4 is 0 Å². The van der Waals surface area contributed by atoms with Crippen molar-refractivity contribution in [2.45, 2.75) is 6.54 Å². The van der Waals surface area contributed by atoms with E-state index in [-0.39, 0.29) is 23.6 Å². The van der Waals surface area contributed by atoms with Gasteiger partial charge >= 0.3 is 0 Å². The Morgan fingerprint density at radius 1 is 1.50 bits per heavy atom. The number of halogens is 1. The Morgan fingerprint density at radius 2 is 2.14 bits per heavy atom. The molecule has 0 aromatic heterocycles. The van der Waals surface area contributed by atoms with E-state index in [2.05, 4.69) is 0 Å². The van der Waals surface area contributed by atoms with Crippen molar-refractivity contribution in [2.75, 3.05) is 14.2 Å². The van der Waals surface area contributed by atoms with Crippen LogP contribution in [-0.4, -0.2) is 29.5 Å². The summed E-state index contributed by atoms with van der Waals surface area (Å²) in [4.78, 5) is 0. The molecule has 14 heavy (non-hydrogen) atoms. The first-order chi connectivity index (χ1) is 6.54. The van der Waals surface area contributed by atoms with Crippen LogP contribution in [0, 0.1) is 5.82 Å². The van der Waals surface area contributed by atoms with E-state index in [9.17, 15) is 4.39 Å². The molecule has 0 saturated heterocycles. The molecule has 0 unspecified atom stereocenters. The van der Waals surface area contributed by atoms with Crippen molar-refractivity contribution in [2.24, 2.45) is 0 Å². The van der Waals surface area contributed by atoms with Crippen LogP contribution < -0.4 is 4.74 Å². The largest absolute Gasteiger partial charge is 0.508 e. The summed E-state index contributed by atoms with van der Waals surface area (Å²) in [6, 6.07) is 2.27. The first-order valence-corrected chi connectivity index (χ1v) is 4.00. The van der Waals surface area contributed by atoms with E-state index in [4.69, 9.17) is 15.1 Å². The monoisotopic (exact) mass is 201 g/mol. The lowest BCUT2D eigenvalue weighted by Gasteiger charge is -2.13. The molecule has 0 fully saturated rings. The highest BCUT2D eigenvalue weighted by molar-refractivity contribution is 5.41. The van der Waals surface area contributed by atoms with Crippen molar-refractivity contribution in [3.63, 3.8) is 0 Å². The SMILES string of the molecule is COc1cc(O)cc(F)c1CN(C)O. The summed E-state index contributed by atoms with van der Waals surface area (Å²) < 4.78 is 18.2. The van der Waals surface area contributed by atoms with Gasteiger partial charge < -0.3 is 15.1 Å². The Bertz CT molecular complexity index is 328. The number of rotatable bonds is 3. The second-order valence-corrected chi connectivity index (χ2v) is 2.92. The summed E-state index contributed by atoms with van der Waals surface area (Å²) in [6.07, 6.45) is 0. The zero-order valence-electron chi connectivity index (χ0n) is 7.99. The maximum Gasteiger partial charge on any atom is 0.135 e. The van der Waals surface area contributed by atoms with Gasteiger partial charge in [-0.05, 0) is 0 Å². The summed E-state index contributed by atoms with van der Waals surface area (Å²) in [7, 11) is 2.76. The molecule has 1 aromatic carbocycles. The lowest BCUT2D eigenvalue weighted by Crippen LogP contribution is -2.13. The Morgan fingerprint density at radius 3 is 2.64 bits per heavy atom. The Hall–Kier alpha value is -1.33. The maximum atomic E-state index is 13.3. The highest BCUT2D eigenvalue weighted by Gasteiger charge is 2.12. The van der Waals surface area contributed by atoms with Crippen molar-refractivity contribution in [1.82, 2.24) is 5.06 Å². The fraction of sp³-hybridized carbons (Fsp3) is 0.333. The number of hydrogen-bond donors (Lipinski definition) is 2. The summed E-state index contributed by atoms with van der Waals surface area (Å²) >= 11 is 0. The van der Waals surface area contributed by atoms with Gasteiger partial charge in [0.05, 0.1) is 13.7 Å². The van der Waals surface area contributed by atoms with E-state index < -0.39 is 5.82 Å². The van der Waals surface area contributed by atoms with Crippen molar-refractivity contribution in [3.8, 4) is 11.5 Å². The van der Waals surface area contributed by atoms with Gasteiger partial charge in [-0.1, -0.05) is 0 Å². The fourth-order valence-electron chi connectivity index (χ4n) is 1.16. The Kier molecular flexibility index (Phi) is 3.27. The second kappa shape index (κ2) is 4.26. The zero-order valence-corrected chi connectivity index (χ0v) is 7.99. The normalized spacial score (nSPS) is 10.6. The average Bonchev–Trinajstić information content (AvgIpc) is 2.08. The van der Waals surface area contributed by atoms with Gasteiger partial charge in [0, 0.05) is 24.7 Å². The molecule has 0 aliphatic rings. The third-order valence-electron chi connectivity index (χ3n) is 1.75. The van der Waals surface area contributed by atoms with Crippen LogP contribution in [0.2, 0.25) is 0 Å². The number of benzene rings is 1. The van der Waals surface area contributed by atoms with Crippen LogP contribution in [-0.2, 0) is 6.54 Å². The van der Waals surface area contributed by atoms with E-state index in [1.807, 2.05) is 0 Å². The molecule has 0 bridgehead atoms. The number of ether oxygens (including phenoxy) is 1. The maximum absolute atomic E-state index is 13.3. The van der Waals surface area contributed by atoms with Gasteiger partial charge in [-0.25, -0.2) is 4.39 Å². The lowest BCUT2D eigenvalue weighted by atomic mass is 10.1. The highest BCUT2D eigenvalue weighted by Crippen LogP contribution is 2.27. The molecule has 0 radical (unpaired) electrons. The quantitative estimate of drug-likeness (QED) is 0.725. The highest BCUT2D eigenvalue weighted by atomic mass is 19.1. The number of nitrogens with zero attached hydrogens (tertiary/aromatic N) is 1. The zero-order chi connectivity index (χ0) is 10.7. The topological polar surface area (TPSA) is 52.9 Å². The smallest absolute Gasteiger partial charge is 0.135 e. The molecule has 2 N–H and O–H groups in total. The second-order valence-electron chi connectivity index (χ2n) is 2.92. The predicted octanol–water partition coefficient (Wildman–Crippen LogP) is 1.36. The number of hydrogen-bond acceptors (Lipinski definition) is 4. The molecule has 0 atom stereocenters. The molecule has 0 amide bonds. The average molecular weight is 201 g/mol. The number of phenols is 1. The molecule has 0 saturated carbocycles. The number of methoxy groups -OCH3 is 1. The Balaban J connectivity index is 3.11. The third-order valence-corrected chi connectivity index (χ3v) is 1.75.